The molecule has 0 atom stereocenters. The first kappa shape index (κ1) is 9.17. The zero-order valence-electron chi connectivity index (χ0n) is 1.99. The van der Waals surface area contributed by atoms with Crippen LogP contribution in [0.15, 0.2) is 0 Å². The van der Waals surface area contributed by atoms with Crippen molar-refractivity contribution in [3.05, 3.63) is 0 Å². The summed E-state index contributed by atoms with van der Waals surface area (Å²) in [6.07, 6.45) is 0. The van der Waals surface area contributed by atoms with Gasteiger partial charge >= 0.3 is 51.4 Å². The SMILES string of the molecule is C[SiH]=O.[KH]. The molecule has 1 nitrogen and oxygen atoms in total. The van der Waals surface area contributed by atoms with E-state index in [1.54, 1.807) is 6.55 Å². The van der Waals surface area contributed by atoms with Gasteiger partial charge < -0.3 is 4.46 Å². The van der Waals surface area contributed by atoms with Crippen LogP contribution in [0, 0.1) is 0 Å². The van der Waals surface area contributed by atoms with Crippen LogP contribution in [-0.4, -0.2) is 60.8 Å². The first-order valence-electron chi connectivity index (χ1n) is 0.813. The normalized spacial score (nSPS) is 3.25. The Labute approximate surface area is 70.5 Å². The van der Waals surface area contributed by atoms with Gasteiger partial charge in [0.2, 0.25) is 0 Å². The van der Waals surface area contributed by atoms with Gasteiger partial charge in [-0.1, -0.05) is 0 Å². The van der Waals surface area contributed by atoms with Crippen molar-refractivity contribution in [1.29, 1.82) is 0 Å². The third-order valence-electron chi connectivity index (χ3n) is 0. The predicted molar refractivity (Wildman–Crippen MR) is 20.8 cm³/mol. The van der Waals surface area contributed by atoms with Crippen LogP contribution < -0.4 is 0 Å². The Morgan fingerprint density at radius 3 is 1.75 bits per heavy atom. The van der Waals surface area contributed by atoms with Gasteiger partial charge in [-0.25, -0.2) is 0 Å². The van der Waals surface area contributed by atoms with Crippen molar-refractivity contribution < 1.29 is 4.46 Å². The second kappa shape index (κ2) is 8.82. The van der Waals surface area contributed by atoms with Crippen molar-refractivity contribution in [2.45, 2.75) is 6.55 Å². The van der Waals surface area contributed by atoms with Crippen LogP contribution in [0.3, 0.4) is 0 Å². The minimum atomic E-state index is -0.500. The molecule has 0 N–H and O–H groups in total. The zero-order chi connectivity index (χ0) is 2.71. The molecule has 0 radical (unpaired) electrons. The Kier molecular flexibility index (Phi) is 20.2. The first-order valence-corrected chi connectivity index (χ1v) is 2.44. The van der Waals surface area contributed by atoms with Gasteiger partial charge in [-0.2, -0.15) is 0 Å². The predicted octanol–water partition coefficient (Wildman–Crippen LogP) is -0.832. The summed E-state index contributed by atoms with van der Waals surface area (Å²) < 4.78 is 9.01. The molecule has 0 aliphatic rings. The molecule has 0 rings (SSSR count). The van der Waals surface area contributed by atoms with Crippen LogP contribution in [0.5, 0.6) is 0 Å². The summed E-state index contributed by atoms with van der Waals surface area (Å²) in [5.41, 5.74) is 0. The van der Waals surface area contributed by atoms with E-state index in [1.807, 2.05) is 0 Å². The van der Waals surface area contributed by atoms with Gasteiger partial charge in [0.25, 0.3) is 9.41 Å². The quantitative estimate of drug-likeness (QED) is 0.363. The summed E-state index contributed by atoms with van der Waals surface area (Å²) in [6, 6.07) is 0. The molecule has 0 aliphatic carbocycles. The molecule has 20 valence electrons. The van der Waals surface area contributed by atoms with Crippen LogP contribution in [0.2, 0.25) is 6.55 Å². The molecule has 0 aromatic heterocycles. The van der Waals surface area contributed by atoms with Gasteiger partial charge in [-0.05, 0) is 6.55 Å². The van der Waals surface area contributed by atoms with Crippen LogP contribution in [0.1, 0.15) is 0 Å². The first-order chi connectivity index (χ1) is 1.41. The Morgan fingerprint density at radius 1 is 1.75 bits per heavy atom. The monoisotopic (exact) mass is 100.0 g/mol. The standard InChI is InChI=1S/CH4OSi.K.H/c1-3-2;;/h3H,1H3;;. The maximum atomic E-state index is 9.01. The molecule has 0 spiro atoms. The minimum absolute atomic E-state index is 0. The number of hydrogen-bond acceptors (Lipinski definition) is 1. The second-order valence-electron chi connectivity index (χ2n) is 0.236. The fourth-order valence-corrected chi connectivity index (χ4v) is 0. The Bertz CT molecular complexity index is 15.5. The van der Waals surface area contributed by atoms with Crippen molar-refractivity contribution in [2.75, 3.05) is 0 Å². The molecule has 0 heterocycles. The Hall–Kier alpha value is 1.65. The molecule has 0 aliphatic heterocycles. The van der Waals surface area contributed by atoms with E-state index in [1.165, 1.54) is 0 Å². The molecule has 0 aromatic carbocycles. The molecule has 3 heteroatoms. The maximum absolute atomic E-state index is 9.01. The van der Waals surface area contributed by atoms with E-state index in [0.717, 1.165) is 0 Å². The summed E-state index contributed by atoms with van der Waals surface area (Å²) >= 11 is 0. The van der Waals surface area contributed by atoms with E-state index < -0.39 is 9.41 Å². The van der Waals surface area contributed by atoms with E-state index in [0.29, 0.717) is 0 Å². The molecule has 0 saturated heterocycles. The van der Waals surface area contributed by atoms with Gasteiger partial charge in [0.05, 0.1) is 0 Å². The topological polar surface area (TPSA) is 17.1 Å². The van der Waals surface area contributed by atoms with E-state index >= 15 is 0 Å². The van der Waals surface area contributed by atoms with E-state index in [-0.39, 0.29) is 51.4 Å². The molecule has 0 unspecified atom stereocenters. The zero-order valence-corrected chi connectivity index (χ0v) is 3.14. The van der Waals surface area contributed by atoms with Crippen molar-refractivity contribution in [2.24, 2.45) is 0 Å². The average Bonchev–Trinajstić information content (AvgIpc) is 0.918. The summed E-state index contributed by atoms with van der Waals surface area (Å²) in [4.78, 5) is 0. The molecule has 0 saturated carbocycles. The van der Waals surface area contributed by atoms with Crippen molar-refractivity contribution >= 4 is 60.8 Å². The van der Waals surface area contributed by atoms with Gasteiger partial charge in [0.1, 0.15) is 0 Å². The third-order valence-corrected chi connectivity index (χ3v) is 0. The summed E-state index contributed by atoms with van der Waals surface area (Å²) in [6.45, 7) is 1.65. The Balaban J connectivity index is 0. The summed E-state index contributed by atoms with van der Waals surface area (Å²) in [5, 5.41) is 0. The number of rotatable bonds is 0. The van der Waals surface area contributed by atoms with Crippen LogP contribution >= 0.6 is 0 Å². The van der Waals surface area contributed by atoms with Gasteiger partial charge in [-0.15, -0.1) is 0 Å². The Morgan fingerprint density at radius 2 is 1.75 bits per heavy atom. The van der Waals surface area contributed by atoms with E-state index in [4.69, 9.17) is 4.46 Å². The van der Waals surface area contributed by atoms with Gasteiger partial charge in [0.15, 0.2) is 0 Å². The molecule has 0 fully saturated rings. The van der Waals surface area contributed by atoms with Crippen LogP contribution in [0.4, 0.5) is 0 Å². The van der Waals surface area contributed by atoms with Crippen molar-refractivity contribution in [3.63, 3.8) is 0 Å². The molecule has 0 aromatic rings. The van der Waals surface area contributed by atoms with Crippen molar-refractivity contribution in [3.8, 4) is 0 Å². The molecule has 0 amide bonds. The fourth-order valence-electron chi connectivity index (χ4n) is 0. The van der Waals surface area contributed by atoms with E-state index in [2.05, 4.69) is 0 Å². The van der Waals surface area contributed by atoms with Gasteiger partial charge in [0, 0.05) is 0 Å². The van der Waals surface area contributed by atoms with Crippen LogP contribution in [-0.2, 0) is 4.46 Å². The summed E-state index contributed by atoms with van der Waals surface area (Å²) in [5.74, 6) is 0. The van der Waals surface area contributed by atoms with Gasteiger partial charge in [-0.3, -0.25) is 0 Å². The van der Waals surface area contributed by atoms with E-state index in [9.17, 15) is 0 Å². The molecular formula is CH5KOSi. The third kappa shape index (κ3) is 9.41. The average molecular weight is 100 g/mol. The van der Waals surface area contributed by atoms with Crippen LogP contribution in [0.25, 0.3) is 0 Å². The number of hydrogen-bond donors (Lipinski definition) is 0. The van der Waals surface area contributed by atoms with Crippen molar-refractivity contribution in [1.82, 2.24) is 0 Å². The second-order valence-corrected chi connectivity index (χ2v) is 0.707. The molecule has 4 heavy (non-hydrogen) atoms. The molecule has 0 bridgehead atoms. The fraction of sp³-hybridized carbons (Fsp3) is 1.00. The molecular weight excluding hydrogens is 95.2 g/mol. The summed E-state index contributed by atoms with van der Waals surface area (Å²) in [7, 11) is -0.500.